The summed E-state index contributed by atoms with van der Waals surface area (Å²) in [6, 6.07) is 8.06. The summed E-state index contributed by atoms with van der Waals surface area (Å²) in [6.45, 7) is 2.05. The minimum absolute atomic E-state index is 0.409. The van der Waals surface area contributed by atoms with Crippen LogP contribution < -0.4 is 5.32 Å². The summed E-state index contributed by atoms with van der Waals surface area (Å²) >= 11 is 7.53. The van der Waals surface area contributed by atoms with E-state index in [1.54, 1.807) is 6.21 Å². The molecule has 21 heavy (non-hydrogen) atoms. The zero-order valence-electron chi connectivity index (χ0n) is 11.1. The third kappa shape index (κ3) is 3.45. The Hall–Kier alpha value is -2.25. The molecule has 6 nitrogen and oxygen atoms in total. The van der Waals surface area contributed by atoms with Crippen molar-refractivity contribution in [3.8, 4) is 0 Å². The van der Waals surface area contributed by atoms with Gasteiger partial charge in [0.15, 0.2) is 10.3 Å². The molecule has 3 rings (SSSR count). The van der Waals surface area contributed by atoms with E-state index < -0.39 is 0 Å². The molecule has 0 saturated heterocycles. The normalized spacial score (nSPS) is 11.1. The van der Waals surface area contributed by atoms with E-state index in [0.717, 1.165) is 10.6 Å². The van der Waals surface area contributed by atoms with E-state index in [1.807, 2.05) is 31.2 Å². The van der Waals surface area contributed by atoms with Gasteiger partial charge in [0.05, 0.1) is 11.1 Å². The molecule has 0 aliphatic rings. The summed E-state index contributed by atoms with van der Waals surface area (Å²) in [6.07, 6.45) is 4.62. The lowest BCUT2D eigenvalue weighted by Crippen LogP contribution is -1.88. The van der Waals surface area contributed by atoms with Crippen molar-refractivity contribution in [2.24, 2.45) is 5.10 Å². The molecule has 106 valence electrons. The number of halogens is 1. The number of nitrogens with one attached hydrogen (secondary N) is 1. The number of hydrogen-bond donors (Lipinski definition) is 1. The van der Waals surface area contributed by atoms with Crippen LogP contribution >= 0.6 is 22.9 Å². The Morgan fingerprint density at radius 2 is 1.95 bits per heavy atom. The van der Waals surface area contributed by atoms with E-state index >= 15 is 0 Å². The monoisotopic (exact) mass is 318 g/mol. The topological polar surface area (TPSA) is 68.0 Å². The number of rotatable bonds is 4. The van der Waals surface area contributed by atoms with Crippen molar-refractivity contribution < 1.29 is 0 Å². The molecule has 0 bridgehead atoms. The van der Waals surface area contributed by atoms with E-state index in [9.17, 15) is 0 Å². The predicted octanol–water partition coefficient (Wildman–Crippen LogP) is 3.32. The molecule has 3 aromatic rings. The number of aromatic nitrogens is 4. The molecule has 0 saturated carbocycles. The van der Waals surface area contributed by atoms with Crippen LogP contribution in [0.1, 0.15) is 10.4 Å². The molecule has 8 heteroatoms. The van der Waals surface area contributed by atoms with Crippen molar-refractivity contribution in [3.05, 3.63) is 52.5 Å². The third-order valence-electron chi connectivity index (χ3n) is 2.63. The first-order valence-corrected chi connectivity index (χ1v) is 7.29. The van der Waals surface area contributed by atoms with Gasteiger partial charge in [-0.15, -0.1) is 10.2 Å². The molecule has 0 spiro atoms. The predicted molar refractivity (Wildman–Crippen MR) is 84.6 cm³/mol. The molecule has 0 unspecified atom stereocenters. The van der Waals surface area contributed by atoms with Crippen molar-refractivity contribution in [1.29, 1.82) is 0 Å². The number of thiazole rings is 1. The lowest BCUT2D eigenvalue weighted by Gasteiger charge is -2.01. The van der Waals surface area contributed by atoms with Gasteiger partial charge in [-0.2, -0.15) is 5.10 Å². The van der Waals surface area contributed by atoms with Crippen LogP contribution in [0.15, 0.2) is 42.0 Å². The zero-order chi connectivity index (χ0) is 14.7. The van der Waals surface area contributed by atoms with Gasteiger partial charge in [0.1, 0.15) is 12.7 Å². The van der Waals surface area contributed by atoms with Gasteiger partial charge in [0, 0.05) is 5.69 Å². The molecule has 2 aromatic heterocycles. The average molecular weight is 319 g/mol. The number of nitrogens with zero attached hydrogens (tertiary/aromatic N) is 5. The van der Waals surface area contributed by atoms with Crippen LogP contribution in [-0.4, -0.2) is 26.1 Å². The first kappa shape index (κ1) is 13.7. The van der Waals surface area contributed by atoms with Crippen LogP contribution in [0, 0.1) is 6.92 Å². The number of aryl methyl sites for hydroxylation is 1. The standard InChI is InChI=1S/C13H11ClN6S/c1-9-2-4-10(5-3-9)18-13-19-12(14)11(21-13)6-17-20-7-15-16-8-20/h2-8H,1H3,(H,18,19)/b17-6+. The lowest BCUT2D eigenvalue weighted by atomic mass is 10.2. The Labute approximate surface area is 130 Å². The van der Waals surface area contributed by atoms with Crippen molar-refractivity contribution in [2.75, 3.05) is 5.32 Å². The summed E-state index contributed by atoms with van der Waals surface area (Å²) in [4.78, 5) is 5.03. The summed E-state index contributed by atoms with van der Waals surface area (Å²) in [5.41, 5.74) is 2.17. The second kappa shape index (κ2) is 6.02. The van der Waals surface area contributed by atoms with E-state index in [-0.39, 0.29) is 0 Å². The average Bonchev–Trinajstić information content (AvgIpc) is 3.09. The third-order valence-corrected chi connectivity index (χ3v) is 3.93. The van der Waals surface area contributed by atoms with Crippen LogP contribution in [0.3, 0.4) is 0 Å². The smallest absolute Gasteiger partial charge is 0.189 e. The van der Waals surface area contributed by atoms with Crippen LogP contribution in [-0.2, 0) is 0 Å². The van der Waals surface area contributed by atoms with Crippen LogP contribution in [0.4, 0.5) is 10.8 Å². The van der Waals surface area contributed by atoms with Gasteiger partial charge < -0.3 is 5.32 Å². The Bertz CT molecular complexity index is 748. The number of hydrogen-bond acceptors (Lipinski definition) is 6. The molecular weight excluding hydrogens is 308 g/mol. The molecule has 0 aliphatic carbocycles. The molecule has 0 radical (unpaired) electrons. The molecular formula is C13H11ClN6S. The lowest BCUT2D eigenvalue weighted by molar-refractivity contribution is 0.879. The first-order valence-electron chi connectivity index (χ1n) is 6.10. The SMILES string of the molecule is Cc1ccc(Nc2nc(Cl)c(/C=N/n3cnnc3)s2)cc1. The summed E-state index contributed by atoms with van der Waals surface area (Å²) in [5.74, 6) is 0. The number of benzene rings is 1. The minimum Gasteiger partial charge on any atom is -0.331 e. The zero-order valence-corrected chi connectivity index (χ0v) is 12.6. The van der Waals surface area contributed by atoms with E-state index in [4.69, 9.17) is 11.6 Å². The maximum absolute atomic E-state index is 6.10. The van der Waals surface area contributed by atoms with Gasteiger partial charge in [-0.05, 0) is 19.1 Å². The maximum Gasteiger partial charge on any atom is 0.189 e. The van der Waals surface area contributed by atoms with Crippen molar-refractivity contribution in [2.45, 2.75) is 6.92 Å². The fraction of sp³-hybridized carbons (Fsp3) is 0.0769. The second-order valence-corrected chi connectivity index (χ2v) is 5.64. The maximum atomic E-state index is 6.10. The van der Waals surface area contributed by atoms with Crippen molar-refractivity contribution in [1.82, 2.24) is 19.9 Å². The van der Waals surface area contributed by atoms with Crippen molar-refractivity contribution >= 4 is 40.0 Å². The fourth-order valence-corrected chi connectivity index (χ4v) is 2.62. The first-order chi connectivity index (χ1) is 10.2. The van der Waals surface area contributed by atoms with Gasteiger partial charge in [0.25, 0.3) is 0 Å². The van der Waals surface area contributed by atoms with E-state index in [2.05, 4.69) is 25.6 Å². The summed E-state index contributed by atoms with van der Waals surface area (Å²) in [5, 5.41) is 15.8. The highest BCUT2D eigenvalue weighted by Crippen LogP contribution is 2.28. The molecule has 1 N–H and O–H groups in total. The molecule has 1 aromatic carbocycles. The van der Waals surface area contributed by atoms with Crippen molar-refractivity contribution in [3.63, 3.8) is 0 Å². The molecule has 0 amide bonds. The molecule has 0 aliphatic heterocycles. The summed E-state index contributed by atoms with van der Waals surface area (Å²) < 4.78 is 1.49. The van der Waals surface area contributed by atoms with Crippen LogP contribution in [0.5, 0.6) is 0 Å². The van der Waals surface area contributed by atoms with Crippen LogP contribution in [0.25, 0.3) is 0 Å². The van der Waals surface area contributed by atoms with Gasteiger partial charge in [-0.1, -0.05) is 40.6 Å². The molecule has 0 fully saturated rings. The second-order valence-electron chi connectivity index (χ2n) is 4.25. The highest BCUT2D eigenvalue weighted by Gasteiger charge is 2.07. The van der Waals surface area contributed by atoms with Gasteiger partial charge in [-0.25, -0.2) is 9.66 Å². The van der Waals surface area contributed by atoms with Gasteiger partial charge >= 0.3 is 0 Å². The van der Waals surface area contributed by atoms with Crippen LogP contribution in [0.2, 0.25) is 5.15 Å². The quantitative estimate of drug-likeness (QED) is 0.749. The minimum atomic E-state index is 0.409. The Kier molecular flexibility index (Phi) is 3.94. The Morgan fingerprint density at radius 1 is 1.24 bits per heavy atom. The highest BCUT2D eigenvalue weighted by molar-refractivity contribution is 7.17. The van der Waals surface area contributed by atoms with E-state index in [1.165, 1.54) is 34.2 Å². The molecule has 0 atom stereocenters. The highest BCUT2D eigenvalue weighted by atomic mass is 35.5. The van der Waals surface area contributed by atoms with Gasteiger partial charge in [-0.3, -0.25) is 0 Å². The Balaban J connectivity index is 1.76. The molecule has 2 heterocycles. The van der Waals surface area contributed by atoms with E-state index in [0.29, 0.717) is 10.3 Å². The number of anilines is 2. The Morgan fingerprint density at radius 3 is 2.67 bits per heavy atom. The summed E-state index contributed by atoms with van der Waals surface area (Å²) in [7, 11) is 0. The largest absolute Gasteiger partial charge is 0.331 e. The van der Waals surface area contributed by atoms with Gasteiger partial charge in [0.2, 0.25) is 0 Å². The fourth-order valence-electron chi connectivity index (χ4n) is 1.58.